The van der Waals surface area contributed by atoms with Crippen LogP contribution < -0.4 is 10.6 Å². The number of hydrogen-bond donors (Lipinski definition) is 2. The van der Waals surface area contributed by atoms with Crippen LogP contribution in [0.15, 0.2) is 60.8 Å². The summed E-state index contributed by atoms with van der Waals surface area (Å²) >= 11 is 12.3. The Morgan fingerprint density at radius 2 is 1.72 bits per heavy atom. The highest BCUT2D eigenvalue weighted by Crippen LogP contribution is 2.35. The second-order valence-electron chi connectivity index (χ2n) is 6.27. The lowest BCUT2D eigenvalue weighted by Crippen LogP contribution is -2.32. The number of nitrogens with one attached hydrogen (secondary N) is 2. The summed E-state index contributed by atoms with van der Waals surface area (Å²) in [6, 6.07) is 11.5. The highest BCUT2D eigenvalue weighted by Gasteiger charge is 2.39. The number of anilines is 2. The van der Waals surface area contributed by atoms with Crippen molar-refractivity contribution in [3.8, 4) is 0 Å². The van der Waals surface area contributed by atoms with Gasteiger partial charge in [0.15, 0.2) is 0 Å². The number of carbonyl (C=O) groups is 3. The maximum Gasteiger partial charge on any atom is 0.278 e. The fraction of sp³-hybridized carbons (Fsp3) is 0.0952. The topological polar surface area (TPSA) is 78.5 Å². The zero-order valence-electron chi connectivity index (χ0n) is 15.5. The molecule has 0 saturated heterocycles. The smallest absolute Gasteiger partial charge is 0.278 e. The lowest BCUT2D eigenvalue weighted by molar-refractivity contribution is -0.136. The van der Waals surface area contributed by atoms with Crippen LogP contribution in [-0.4, -0.2) is 29.2 Å². The van der Waals surface area contributed by atoms with Crippen molar-refractivity contribution in [3.05, 3.63) is 76.4 Å². The number of amides is 3. The Bertz CT molecular complexity index is 1050. The van der Waals surface area contributed by atoms with Crippen LogP contribution in [0.3, 0.4) is 0 Å². The molecule has 2 aromatic carbocycles. The van der Waals surface area contributed by atoms with E-state index in [0.29, 0.717) is 22.0 Å². The number of hydrogen-bond acceptors (Lipinski definition) is 4. The van der Waals surface area contributed by atoms with Gasteiger partial charge in [0.25, 0.3) is 11.8 Å². The van der Waals surface area contributed by atoms with E-state index in [0.717, 1.165) is 4.90 Å². The maximum absolute atomic E-state index is 12.9. The molecule has 1 heterocycles. The molecular weight excluding hydrogens is 413 g/mol. The lowest BCUT2D eigenvalue weighted by atomic mass is 10.0. The molecule has 29 heavy (non-hydrogen) atoms. The van der Waals surface area contributed by atoms with Crippen LogP contribution in [0.4, 0.5) is 11.4 Å². The van der Waals surface area contributed by atoms with Crippen LogP contribution in [0.1, 0.15) is 12.5 Å². The second-order valence-corrected chi connectivity index (χ2v) is 7.11. The quantitative estimate of drug-likeness (QED) is 0.528. The largest absolute Gasteiger partial charge is 0.350 e. The number of nitrogens with zero attached hydrogens (tertiary/aromatic N) is 1. The molecule has 0 bridgehead atoms. The first-order valence-electron chi connectivity index (χ1n) is 8.63. The molecule has 8 heteroatoms. The Kier molecular flexibility index (Phi) is 6.06. The molecule has 0 fully saturated rings. The van der Waals surface area contributed by atoms with Crippen LogP contribution in [0.25, 0.3) is 5.57 Å². The van der Waals surface area contributed by atoms with Crippen LogP contribution in [-0.2, 0) is 14.4 Å². The third-order valence-electron chi connectivity index (χ3n) is 4.15. The van der Waals surface area contributed by atoms with E-state index >= 15 is 0 Å². The average Bonchev–Trinajstić information content (AvgIpc) is 2.88. The van der Waals surface area contributed by atoms with Crippen molar-refractivity contribution in [3.63, 3.8) is 0 Å². The minimum atomic E-state index is -0.484. The van der Waals surface area contributed by atoms with E-state index < -0.39 is 11.8 Å². The first kappa shape index (κ1) is 20.6. The molecular formula is C21H17Cl2N3O3. The van der Waals surface area contributed by atoms with Crippen molar-refractivity contribution in [2.75, 3.05) is 17.2 Å². The van der Waals surface area contributed by atoms with Crippen molar-refractivity contribution >= 4 is 57.9 Å². The minimum absolute atomic E-state index is 0.0685. The van der Waals surface area contributed by atoms with Crippen LogP contribution in [0, 0.1) is 0 Å². The van der Waals surface area contributed by atoms with E-state index in [-0.39, 0.29) is 28.7 Å². The van der Waals surface area contributed by atoms with Gasteiger partial charge in [0.1, 0.15) is 5.70 Å². The van der Waals surface area contributed by atoms with E-state index in [1.807, 2.05) is 0 Å². The number of benzene rings is 2. The Balaban J connectivity index is 2.03. The van der Waals surface area contributed by atoms with E-state index in [1.54, 1.807) is 36.4 Å². The van der Waals surface area contributed by atoms with E-state index in [4.69, 9.17) is 23.2 Å². The summed E-state index contributed by atoms with van der Waals surface area (Å²) in [5.74, 6) is -1.15. The molecule has 1 aliphatic heterocycles. The molecule has 6 nitrogen and oxygen atoms in total. The van der Waals surface area contributed by atoms with Crippen molar-refractivity contribution in [1.82, 2.24) is 4.90 Å². The number of rotatable bonds is 6. The summed E-state index contributed by atoms with van der Waals surface area (Å²) in [4.78, 5) is 38.1. The molecule has 3 rings (SSSR count). The fourth-order valence-electron chi connectivity index (χ4n) is 2.91. The Morgan fingerprint density at radius 3 is 2.31 bits per heavy atom. The first-order chi connectivity index (χ1) is 13.8. The van der Waals surface area contributed by atoms with E-state index in [1.165, 1.54) is 19.1 Å². The normalized spacial score (nSPS) is 13.7. The van der Waals surface area contributed by atoms with Gasteiger partial charge in [0.05, 0.1) is 10.6 Å². The van der Waals surface area contributed by atoms with Gasteiger partial charge in [-0.3, -0.25) is 19.3 Å². The molecule has 0 atom stereocenters. The second kappa shape index (κ2) is 8.51. The molecule has 2 aromatic rings. The van der Waals surface area contributed by atoms with Gasteiger partial charge in [-0.1, -0.05) is 35.3 Å². The summed E-state index contributed by atoms with van der Waals surface area (Å²) in [7, 11) is 0. The molecule has 3 amide bonds. The predicted molar refractivity (Wildman–Crippen MR) is 115 cm³/mol. The molecule has 0 aliphatic carbocycles. The number of halogens is 2. The molecule has 0 unspecified atom stereocenters. The molecule has 0 aromatic heterocycles. The third-order valence-corrected chi connectivity index (χ3v) is 4.70. The zero-order chi connectivity index (χ0) is 21.1. The zero-order valence-corrected chi connectivity index (χ0v) is 17.0. The van der Waals surface area contributed by atoms with Gasteiger partial charge in [-0.05, 0) is 36.4 Å². The monoisotopic (exact) mass is 429 g/mol. The lowest BCUT2D eigenvalue weighted by Gasteiger charge is -2.12. The predicted octanol–water partition coefficient (Wildman–Crippen LogP) is 4.33. The Morgan fingerprint density at radius 1 is 1.07 bits per heavy atom. The van der Waals surface area contributed by atoms with Gasteiger partial charge in [0, 0.05) is 35.4 Å². The van der Waals surface area contributed by atoms with Gasteiger partial charge in [-0.2, -0.15) is 0 Å². The molecule has 1 aliphatic rings. The van der Waals surface area contributed by atoms with Gasteiger partial charge < -0.3 is 10.6 Å². The van der Waals surface area contributed by atoms with E-state index in [2.05, 4.69) is 17.2 Å². The van der Waals surface area contributed by atoms with Gasteiger partial charge in [-0.15, -0.1) is 6.58 Å². The number of carbonyl (C=O) groups excluding carboxylic acids is 3. The average molecular weight is 430 g/mol. The molecule has 0 saturated carbocycles. The Labute approximate surface area is 177 Å². The summed E-state index contributed by atoms with van der Waals surface area (Å²) in [5, 5.41) is 6.35. The minimum Gasteiger partial charge on any atom is -0.350 e. The summed E-state index contributed by atoms with van der Waals surface area (Å²) in [5.41, 5.74) is 1.84. The summed E-state index contributed by atoms with van der Waals surface area (Å²) < 4.78 is 0. The molecule has 0 spiro atoms. The van der Waals surface area contributed by atoms with Crippen molar-refractivity contribution < 1.29 is 14.4 Å². The van der Waals surface area contributed by atoms with E-state index in [9.17, 15) is 14.4 Å². The SMILES string of the molecule is C=CCN1C(=O)C(Nc2ccc(NC(C)=O)cc2)=C(c2ccc(Cl)cc2Cl)C1=O. The van der Waals surface area contributed by atoms with Gasteiger partial charge >= 0.3 is 0 Å². The van der Waals surface area contributed by atoms with Crippen molar-refractivity contribution in [1.29, 1.82) is 0 Å². The standard InChI is InChI=1S/C21H17Cl2N3O3/c1-3-10-26-20(28)18(16-9-4-13(22)11-17(16)23)19(21(26)29)25-15-7-5-14(6-8-15)24-12(2)27/h3-9,11,25H,1,10H2,2H3,(H,24,27). The third kappa shape index (κ3) is 4.34. The first-order valence-corrected chi connectivity index (χ1v) is 9.39. The van der Waals surface area contributed by atoms with Crippen LogP contribution in [0.2, 0.25) is 10.0 Å². The Hall–Kier alpha value is -3.09. The molecule has 2 N–H and O–H groups in total. The highest BCUT2D eigenvalue weighted by molar-refractivity contribution is 6.41. The highest BCUT2D eigenvalue weighted by atomic mass is 35.5. The van der Waals surface area contributed by atoms with Gasteiger partial charge in [-0.25, -0.2) is 0 Å². The van der Waals surface area contributed by atoms with Crippen LogP contribution >= 0.6 is 23.2 Å². The maximum atomic E-state index is 12.9. The van der Waals surface area contributed by atoms with Crippen molar-refractivity contribution in [2.45, 2.75) is 6.92 Å². The number of imide groups is 1. The molecule has 0 radical (unpaired) electrons. The molecule has 148 valence electrons. The summed E-state index contributed by atoms with van der Waals surface area (Å²) in [6.07, 6.45) is 1.47. The van der Waals surface area contributed by atoms with Gasteiger partial charge in [0.2, 0.25) is 5.91 Å². The van der Waals surface area contributed by atoms with Crippen molar-refractivity contribution in [2.24, 2.45) is 0 Å². The fourth-order valence-corrected chi connectivity index (χ4v) is 3.42. The van der Waals surface area contributed by atoms with Crippen LogP contribution in [0.5, 0.6) is 0 Å². The summed E-state index contributed by atoms with van der Waals surface area (Å²) in [6.45, 7) is 5.08.